The van der Waals surface area contributed by atoms with Gasteiger partial charge in [-0.3, -0.25) is 4.79 Å². The maximum absolute atomic E-state index is 11.7. The SMILES string of the molecule is COCCNC(=O)[C@@H](C)OC(=O)/C=C/c1ccccc1C. The first kappa shape index (κ1) is 16.9. The van der Waals surface area contributed by atoms with Gasteiger partial charge in [-0.15, -0.1) is 0 Å². The van der Waals surface area contributed by atoms with Crippen molar-refractivity contribution in [3.05, 3.63) is 41.5 Å². The van der Waals surface area contributed by atoms with Crippen molar-refractivity contribution in [1.29, 1.82) is 0 Å². The number of esters is 1. The first-order valence-electron chi connectivity index (χ1n) is 6.75. The fourth-order valence-electron chi connectivity index (χ4n) is 1.62. The number of carbonyl (C=O) groups excluding carboxylic acids is 2. The molecule has 1 atom stereocenters. The zero-order chi connectivity index (χ0) is 15.7. The number of methoxy groups -OCH3 is 1. The minimum atomic E-state index is -0.837. The third kappa shape index (κ3) is 6.23. The van der Waals surface area contributed by atoms with Crippen molar-refractivity contribution in [3.63, 3.8) is 0 Å². The summed E-state index contributed by atoms with van der Waals surface area (Å²) in [6, 6.07) is 7.68. The number of hydrogen-bond donors (Lipinski definition) is 1. The lowest BCUT2D eigenvalue weighted by Crippen LogP contribution is -2.37. The van der Waals surface area contributed by atoms with Crippen LogP contribution in [-0.2, 0) is 19.1 Å². The lowest BCUT2D eigenvalue weighted by Gasteiger charge is -2.11. The van der Waals surface area contributed by atoms with E-state index in [9.17, 15) is 9.59 Å². The number of aryl methyl sites for hydroxylation is 1. The molecular weight excluding hydrogens is 270 g/mol. The number of nitrogens with one attached hydrogen (secondary N) is 1. The standard InChI is InChI=1S/C16H21NO4/c1-12-6-4-5-7-14(12)8-9-15(18)21-13(2)16(19)17-10-11-20-3/h4-9,13H,10-11H2,1-3H3,(H,17,19)/b9-8+/t13-/m1/s1. The van der Waals surface area contributed by atoms with E-state index < -0.39 is 12.1 Å². The smallest absolute Gasteiger partial charge is 0.331 e. The Morgan fingerprint density at radius 2 is 2.05 bits per heavy atom. The van der Waals surface area contributed by atoms with Crippen LogP contribution in [0, 0.1) is 6.92 Å². The van der Waals surface area contributed by atoms with Crippen LogP contribution in [0.1, 0.15) is 18.1 Å². The molecule has 1 amide bonds. The van der Waals surface area contributed by atoms with Gasteiger partial charge in [0.1, 0.15) is 0 Å². The molecule has 5 nitrogen and oxygen atoms in total. The molecule has 0 saturated heterocycles. The average Bonchev–Trinajstić information content (AvgIpc) is 2.46. The summed E-state index contributed by atoms with van der Waals surface area (Å²) in [5, 5.41) is 2.61. The highest BCUT2D eigenvalue weighted by molar-refractivity contribution is 5.90. The molecule has 0 aliphatic carbocycles. The summed E-state index contributed by atoms with van der Waals surface area (Å²) in [6.45, 7) is 4.29. The molecule has 0 fully saturated rings. The minimum Gasteiger partial charge on any atom is -0.449 e. The van der Waals surface area contributed by atoms with Crippen LogP contribution in [0.4, 0.5) is 0 Å². The van der Waals surface area contributed by atoms with Gasteiger partial charge in [0.15, 0.2) is 6.10 Å². The molecule has 1 aromatic rings. The van der Waals surface area contributed by atoms with Crippen LogP contribution in [0.3, 0.4) is 0 Å². The fraction of sp³-hybridized carbons (Fsp3) is 0.375. The van der Waals surface area contributed by atoms with E-state index in [-0.39, 0.29) is 5.91 Å². The molecular formula is C16H21NO4. The number of rotatable bonds is 7. The fourth-order valence-corrected chi connectivity index (χ4v) is 1.62. The molecule has 1 N–H and O–H groups in total. The molecule has 114 valence electrons. The van der Waals surface area contributed by atoms with Crippen molar-refractivity contribution in [2.24, 2.45) is 0 Å². The molecule has 0 aliphatic heterocycles. The molecule has 0 aliphatic rings. The molecule has 0 unspecified atom stereocenters. The normalized spacial score (nSPS) is 12.1. The molecule has 1 rings (SSSR count). The van der Waals surface area contributed by atoms with E-state index in [2.05, 4.69) is 5.32 Å². The van der Waals surface area contributed by atoms with Crippen molar-refractivity contribution in [2.45, 2.75) is 20.0 Å². The molecule has 0 spiro atoms. The van der Waals surface area contributed by atoms with Crippen LogP contribution in [0.25, 0.3) is 6.08 Å². The Morgan fingerprint density at radius 3 is 2.71 bits per heavy atom. The van der Waals surface area contributed by atoms with Gasteiger partial charge in [-0.2, -0.15) is 0 Å². The Bertz CT molecular complexity index is 511. The van der Waals surface area contributed by atoms with E-state index in [1.165, 1.54) is 13.0 Å². The van der Waals surface area contributed by atoms with Crippen LogP contribution in [0.2, 0.25) is 0 Å². The first-order valence-corrected chi connectivity index (χ1v) is 6.75. The summed E-state index contributed by atoms with van der Waals surface area (Å²) in [5.74, 6) is -0.891. The molecule has 0 aromatic heterocycles. The second-order valence-electron chi connectivity index (χ2n) is 4.55. The van der Waals surface area contributed by atoms with Crippen LogP contribution >= 0.6 is 0 Å². The topological polar surface area (TPSA) is 64.6 Å². The molecule has 0 bridgehead atoms. The van der Waals surface area contributed by atoms with E-state index in [1.54, 1.807) is 13.2 Å². The second kappa shape index (κ2) is 8.92. The zero-order valence-electron chi connectivity index (χ0n) is 12.6. The molecule has 21 heavy (non-hydrogen) atoms. The molecule has 0 saturated carbocycles. The zero-order valence-corrected chi connectivity index (χ0v) is 12.6. The number of benzene rings is 1. The Hall–Kier alpha value is -2.14. The Morgan fingerprint density at radius 1 is 1.33 bits per heavy atom. The van der Waals surface area contributed by atoms with Crippen LogP contribution < -0.4 is 5.32 Å². The van der Waals surface area contributed by atoms with Crippen molar-refractivity contribution in [1.82, 2.24) is 5.32 Å². The monoisotopic (exact) mass is 291 g/mol. The second-order valence-corrected chi connectivity index (χ2v) is 4.55. The molecule has 0 radical (unpaired) electrons. The number of hydrogen-bond acceptors (Lipinski definition) is 4. The Kier molecular flexibility index (Phi) is 7.18. The largest absolute Gasteiger partial charge is 0.449 e. The third-order valence-electron chi connectivity index (χ3n) is 2.86. The maximum atomic E-state index is 11.7. The summed E-state index contributed by atoms with van der Waals surface area (Å²) in [4.78, 5) is 23.3. The quantitative estimate of drug-likeness (QED) is 0.472. The van der Waals surface area contributed by atoms with Crippen molar-refractivity contribution in [2.75, 3.05) is 20.3 Å². The van der Waals surface area contributed by atoms with Gasteiger partial charge in [0, 0.05) is 19.7 Å². The van der Waals surface area contributed by atoms with E-state index in [1.807, 2.05) is 31.2 Å². The number of carbonyl (C=O) groups is 2. The van der Waals surface area contributed by atoms with Crippen LogP contribution in [0.5, 0.6) is 0 Å². The number of ether oxygens (including phenoxy) is 2. The lowest BCUT2D eigenvalue weighted by atomic mass is 10.1. The van der Waals surface area contributed by atoms with Gasteiger partial charge in [0.25, 0.3) is 5.91 Å². The highest BCUT2D eigenvalue weighted by atomic mass is 16.5. The predicted molar refractivity (Wildman–Crippen MR) is 80.7 cm³/mol. The van der Waals surface area contributed by atoms with Crippen LogP contribution in [-0.4, -0.2) is 38.2 Å². The average molecular weight is 291 g/mol. The summed E-state index contributed by atoms with van der Waals surface area (Å²) < 4.78 is 9.84. The van der Waals surface area contributed by atoms with Gasteiger partial charge in [0.05, 0.1) is 6.61 Å². The van der Waals surface area contributed by atoms with Gasteiger partial charge < -0.3 is 14.8 Å². The van der Waals surface area contributed by atoms with E-state index in [0.29, 0.717) is 13.2 Å². The van der Waals surface area contributed by atoms with Crippen molar-refractivity contribution in [3.8, 4) is 0 Å². The van der Waals surface area contributed by atoms with Gasteiger partial charge in [0.2, 0.25) is 0 Å². The summed E-state index contributed by atoms with van der Waals surface area (Å²) in [6.07, 6.45) is 2.16. The Labute approximate surface area is 124 Å². The van der Waals surface area contributed by atoms with Crippen molar-refractivity contribution < 1.29 is 19.1 Å². The van der Waals surface area contributed by atoms with Crippen molar-refractivity contribution >= 4 is 18.0 Å². The molecule has 5 heteroatoms. The van der Waals surface area contributed by atoms with E-state index in [4.69, 9.17) is 9.47 Å². The first-order chi connectivity index (χ1) is 10.0. The third-order valence-corrected chi connectivity index (χ3v) is 2.86. The summed E-state index contributed by atoms with van der Waals surface area (Å²) >= 11 is 0. The van der Waals surface area contributed by atoms with Crippen LogP contribution in [0.15, 0.2) is 30.3 Å². The molecule has 1 aromatic carbocycles. The van der Waals surface area contributed by atoms with Gasteiger partial charge >= 0.3 is 5.97 Å². The Balaban J connectivity index is 2.46. The van der Waals surface area contributed by atoms with Gasteiger partial charge in [-0.05, 0) is 31.1 Å². The number of amides is 1. The van der Waals surface area contributed by atoms with E-state index in [0.717, 1.165) is 11.1 Å². The van der Waals surface area contributed by atoms with Gasteiger partial charge in [-0.25, -0.2) is 4.79 Å². The summed E-state index contributed by atoms with van der Waals surface area (Å²) in [5.41, 5.74) is 2.00. The highest BCUT2D eigenvalue weighted by Gasteiger charge is 2.15. The maximum Gasteiger partial charge on any atom is 0.331 e. The van der Waals surface area contributed by atoms with Gasteiger partial charge in [-0.1, -0.05) is 24.3 Å². The minimum absolute atomic E-state index is 0.343. The summed E-state index contributed by atoms with van der Waals surface area (Å²) in [7, 11) is 1.55. The highest BCUT2D eigenvalue weighted by Crippen LogP contribution is 2.09. The van der Waals surface area contributed by atoms with E-state index >= 15 is 0 Å². The molecule has 0 heterocycles. The predicted octanol–water partition coefficient (Wildman–Crippen LogP) is 1.70. The lowest BCUT2D eigenvalue weighted by molar-refractivity contribution is -0.150.